The molecule has 16 heavy (non-hydrogen) atoms. The minimum absolute atomic E-state index is 0.642. The van der Waals surface area contributed by atoms with E-state index in [0.717, 1.165) is 6.04 Å². The Morgan fingerprint density at radius 2 is 1.62 bits per heavy atom. The fourth-order valence-corrected chi connectivity index (χ4v) is 2.77. The van der Waals surface area contributed by atoms with Crippen LogP contribution < -0.4 is 5.32 Å². The molecule has 0 heterocycles. The van der Waals surface area contributed by atoms with Crippen molar-refractivity contribution >= 4 is 0 Å². The second-order valence-corrected chi connectivity index (χ2v) is 5.24. The Kier molecular flexibility index (Phi) is 7.06. The van der Waals surface area contributed by atoms with Crippen molar-refractivity contribution in [2.24, 2.45) is 0 Å². The molecule has 1 atom stereocenters. The minimum Gasteiger partial charge on any atom is -0.310 e. The monoisotopic (exact) mass is 226 g/mol. The molecule has 0 aromatic heterocycles. The Labute approximate surface area is 102 Å². The van der Waals surface area contributed by atoms with Gasteiger partial charge < -0.3 is 10.2 Å². The van der Waals surface area contributed by atoms with Crippen LogP contribution in [-0.4, -0.2) is 36.6 Å². The second kappa shape index (κ2) is 8.08. The molecule has 1 saturated carbocycles. The molecule has 0 bridgehead atoms. The lowest BCUT2D eigenvalue weighted by atomic mass is 10.1. The molecule has 0 aliphatic heterocycles. The van der Waals surface area contributed by atoms with E-state index in [1.807, 2.05) is 0 Å². The Morgan fingerprint density at radius 1 is 1.06 bits per heavy atom. The maximum Gasteiger partial charge on any atom is 0.0169 e. The van der Waals surface area contributed by atoms with Crippen LogP contribution in [0.4, 0.5) is 0 Å². The number of hydrogen-bond donors (Lipinski definition) is 1. The van der Waals surface area contributed by atoms with Gasteiger partial charge in [-0.25, -0.2) is 0 Å². The van der Waals surface area contributed by atoms with Crippen LogP contribution in [0.15, 0.2) is 0 Å². The highest BCUT2D eigenvalue weighted by molar-refractivity contribution is 4.76. The van der Waals surface area contributed by atoms with Crippen LogP contribution in [0.3, 0.4) is 0 Å². The summed E-state index contributed by atoms with van der Waals surface area (Å²) in [7, 11) is 0. The fraction of sp³-hybridized carbons (Fsp3) is 1.00. The molecule has 1 fully saturated rings. The van der Waals surface area contributed by atoms with Gasteiger partial charge in [0.1, 0.15) is 0 Å². The van der Waals surface area contributed by atoms with Crippen molar-refractivity contribution in [3.05, 3.63) is 0 Å². The maximum absolute atomic E-state index is 3.82. The predicted molar refractivity (Wildman–Crippen MR) is 71.9 cm³/mol. The van der Waals surface area contributed by atoms with E-state index < -0.39 is 0 Å². The van der Waals surface area contributed by atoms with Gasteiger partial charge in [-0.05, 0) is 32.9 Å². The van der Waals surface area contributed by atoms with Crippen molar-refractivity contribution in [2.45, 2.75) is 71.4 Å². The Bertz CT molecular complexity index is 158. The standard InChI is InChI=1S/C14H30N2/c1-4-16(5-2)12-13(3)15-14-10-8-6-7-9-11-14/h13-15H,4-12H2,1-3H3. The van der Waals surface area contributed by atoms with Gasteiger partial charge >= 0.3 is 0 Å². The average Bonchev–Trinajstić information content (AvgIpc) is 2.54. The molecule has 1 unspecified atom stereocenters. The predicted octanol–water partition coefficient (Wildman–Crippen LogP) is 3.03. The molecule has 0 saturated heterocycles. The highest BCUT2D eigenvalue weighted by Crippen LogP contribution is 2.17. The first kappa shape index (κ1) is 14.0. The zero-order valence-electron chi connectivity index (χ0n) is 11.5. The highest BCUT2D eigenvalue weighted by Gasteiger charge is 2.15. The van der Waals surface area contributed by atoms with Crippen LogP contribution in [0.1, 0.15) is 59.3 Å². The van der Waals surface area contributed by atoms with Crippen LogP contribution in [0.5, 0.6) is 0 Å². The van der Waals surface area contributed by atoms with Gasteiger partial charge in [-0.15, -0.1) is 0 Å². The van der Waals surface area contributed by atoms with E-state index in [1.165, 1.54) is 58.2 Å². The van der Waals surface area contributed by atoms with E-state index in [9.17, 15) is 0 Å². The topological polar surface area (TPSA) is 15.3 Å². The van der Waals surface area contributed by atoms with Crippen LogP contribution in [0, 0.1) is 0 Å². The molecule has 0 spiro atoms. The van der Waals surface area contributed by atoms with Gasteiger partial charge in [0.25, 0.3) is 0 Å². The molecule has 1 N–H and O–H groups in total. The summed E-state index contributed by atoms with van der Waals surface area (Å²) < 4.78 is 0. The molecule has 1 rings (SSSR count). The number of nitrogens with zero attached hydrogens (tertiary/aromatic N) is 1. The Hall–Kier alpha value is -0.0800. The summed E-state index contributed by atoms with van der Waals surface area (Å²) in [5.41, 5.74) is 0. The van der Waals surface area contributed by atoms with Gasteiger partial charge in [0.15, 0.2) is 0 Å². The third-order valence-electron chi connectivity index (χ3n) is 3.80. The normalized spacial score (nSPS) is 21.0. The third-order valence-corrected chi connectivity index (χ3v) is 3.80. The van der Waals surface area contributed by atoms with Crippen molar-refractivity contribution in [1.82, 2.24) is 10.2 Å². The van der Waals surface area contributed by atoms with Crippen LogP contribution in [-0.2, 0) is 0 Å². The number of hydrogen-bond acceptors (Lipinski definition) is 2. The third kappa shape index (κ3) is 5.31. The number of likely N-dealkylation sites (N-methyl/N-ethyl adjacent to an activating group) is 1. The summed E-state index contributed by atoms with van der Waals surface area (Å²) in [6.45, 7) is 10.4. The second-order valence-electron chi connectivity index (χ2n) is 5.24. The van der Waals surface area contributed by atoms with Crippen molar-refractivity contribution in [3.63, 3.8) is 0 Å². The summed E-state index contributed by atoms with van der Waals surface area (Å²) >= 11 is 0. The lowest BCUT2D eigenvalue weighted by Gasteiger charge is -2.27. The van der Waals surface area contributed by atoms with Crippen molar-refractivity contribution < 1.29 is 0 Å². The Morgan fingerprint density at radius 3 is 2.12 bits per heavy atom. The van der Waals surface area contributed by atoms with E-state index in [4.69, 9.17) is 0 Å². The smallest absolute Gasteiger partial charge is 0.0169 e. The lowest BCUT2D eigenvalue weighted by molar-refractivity contribution is 0.257. The molecule has 1 aliphatic carbocycles. The highest BCUT2D eigenvalue weighted by atomic mass is 15.1. The molecule has 1 aliphatic rings. The van der Waals surface area contributed by atoms with Crippen molar-refractivity contribution in [3.8, 4) is 0 Å². The summed E-state index contributed by atoms with van der Waals surface area (Å²) in [5, 5.41) is 3.82. The molecule has 0 aromatic rings. The zero-order valence-corrected chi connectivity index (χ0v) is 11.5. The summed E-state index contributed by atoms with van der Waals surface area (Å²) in [6.07, 6.45) is 8.53. The van der Waals surface area contributed by atoms with Crippen LogP contribution in [0.2, 0.25) is 0 Å². The maximum atomic E-state index is 3.82. The van der Waals surface area contributed by atoms with Gasteiger partial charge in [-0.1, -0.05) is 39.5 Å². The van der Waals surface area contributed by atoms with E-state index in [1.54, 1.807) is 0 Å². The van der Waals surface area contributed by atoms with Gasteiger partial charge in [0.2, 0.25) is 0 Å². The summed E-state index contributed by atoms with van der Waals surface area (Å²) in [6, 6.07) is 1.43. The molecule has 96 valence electrons. The largest absolute Gasteiger partial charge is 0.310 e. The molecule has 2 heteroatoms. The van der Waals surface area contributed by atoms with Gasteiger partial charge in [-0.3, -0.25) is 0 Å². The minimum atomic E-state index is 0.642. The van der Waals surface area contributed by atoms with Gasteiger partial charge in [0.05, 0.1) is 0 Å². The van der Waals surface area contributed by atoms with Crippen LogP contribution in [0.25, 0.3) is 0 Å². The average molecular weight is 226 g/mol. The molecule has 0 aromatic carbocycles. The molecule has 0 radical (unpaired) electrons. The van der Waals surface area contributed by atoms with E-state index >= 15 is 0 Å². The van der Waals surface area contributed by atoms with Gasteiger partial charge in [-0.2, -0.15) is 0 Å². The first-order chi connectivity index (χ1) is 7.76. The molecule has 0 amide bonds. The zero-order chi connectivity index (χ0) is 11.8. The molecular formula is C14H30N2. The van der Waals surface area contributed by atoms with E-state index in [2.05, 4.69) is 31.0 Å². The fourth-order valence-electron chi connectivity index (χ4n) is 2.77. The first-order valence-electron chi connectivity index (χ1n) is 7.24. The molecular weight excluding hydrogens is 196 g/mol. The van der Waals surface area contributed by atoms with Crippen molar-refractivity contribution in [2.75, 3.05) is 19.6 Å². The lowest BCUT2D eigenvalue weighted by Crippen LogP contribution is -2.43. The van der Waals surface area contributed by atoms with E-state index in [0.29, 0.717) is 6.04 Å². The summed E-state index contributed by atoms with van der Waals surface area (Å²) in [4.78, 5) is 2.51. The van der Waals surface area contributed by atoms with Gasteiger partial charge in [0, 0.05) is 18.6 Å². The SMILES string of the molecule is CCN(CC)CC(C)NC1CCCCCC1. The van der Waals surface area contributed by atoms with E-state index in [-0.39, 0.29) is 0 Å². The quantitative estimate of drug-likeness (QED) is 0.700. The van der Waals surface area contributed by atoms with Crippen molar-refractivity contribution in [1.29, 1.82) is 0 Å². The summed E-state index contributed by atoms with van der Waals surface area (Å²) in [5.74, 6) is 0. The Balaban J connectivity index is 2.23. The van der Waals surface area contributed by atoms with Crippen LogP contribution >= 0.6 is 0 Å². The number of nitrogens with one attached hydrogen (secondary N) is 1. The first-order valence-corrected chi connectivity index (χ1v) is 7.24. The molecule has 2 nitrogen and oxygen atoms in total. The number of rotatable bonds is 6.